The van der Waals surface area contributed by atoms with E-state index in [-0.39, 0.29) is 5.02 Å². The number of amides is 4. The Balaban J connectivity index is 1.53. The zero-order valence-electron chi connectivity index (χ0n) is 15.9. The molecule has 0 spiro atoms. The number of rotatable bonds is 4. The molecule has 0 aromatic heterocycles. The lowest BCUT2D eigenvalue weighted by Gasteiger charge is -2.22. The van der Waals surface area contributed by atoms with Gasteiger partial charge in [0.2, 0.25) is 5.91 Å². The van der Waals surface area contributed by atoms with Crippen LogP contribution < -0.4 is 10.6 Å². The van der Waals surface area contributed by atoms with Crippen LogP contribution in [-0.4, -0.2) is 29.3 Å². The molecule has 1 saturated heterocycles. The van der Waals surface area contributed by atoms with Crippen molar-refractivity contribution in [2.24, 2.45) is 0 Å². The van der Waals surface area contributed by atoms with Gasteiger partial charge in [0.1, 0.15) is 12.1 Å². The van der Waals surface area contributed by atoms with Gasteiger partial charge in [-0.1, -0.05) is 59.6 Å². The lowest BCUT2D eigenvalue weighted by atomic mass is 9.90. The molecule has 0 bridgehead atoms. The predicted octanol–water partition coefficient (Wildman–Crippen LogP) is 4.55. The molecule has 3 aromatic carbocycles. The molecule has 1 aliphatic heterocycles. The third kappa shape index (κ3) is 3.60. The van der Waals surface area contributed by atoms with Crippen molar-refractivity contribution in [2.75, 3.05) is 11.9 Å². The fourth-order valence-electron chi connectivity index (χ4n) is 3.45. The van der Waals surface area contributed by atoms with Crippen molar-refractivity contribution in [1.82, 2.24) is 10.2 Å². The summed E-state index contributed by atoms with van der Waals surface area (Å²) in [6, 6.07) is 17.3. The van der Waals surface area contributed by atoms with Crippen LogP contribution in [0.4, 0.5) is 10.5 Å². The molecule has 3 aromatic rings. The Kier molecular flexibility index (Phi) is 5.13. The Morgan fingerprint density at radius 1 is 1.00 bits per heavy atom. The van der Waals surface area contributed by atoms with Crippen molar-refractivity contribution in [1.29, 1.82) is 0 Å². The molecular weight excluding hydrogens is 425 g/mol. The topological polar surface area (TPSA) is 78.5 Å². The van der Waals surface area contributed by atoms with Crippen LogP contribution in [0.25, 0.3) is 10.8 Å². The lowest BCUT2D eigenvalue weighted by Crippen LogP contribution is -2.42. The van der Waals surface area contributed by atoms with E-state index < -0.39 is 29.9 Å². The van der Waals surface area contributed by atoms with E-state index in [4.69, 9.17) is 23.2 Å². The Labute approximate surface area is 182 Å². The smallest absolute Gasteiger partial charge is 0.324 e. The number of imide groups is 1. The Bertz CT molecular complexity index is 1200. The normalized spacial score (nSPS) is 18.6. The molecule has 1 atom stereocenters. The molecule has 0 aliphatic carbocycles. The van der Waals surface area contributed by atoms with E-state index in [0.29, 0.717) is 16.3 Å². The fourth-order valence-corrected chi connectivity index (χ4v) is 3.75. The molecule has 6 nitrogen and oxygen atoms in total. The molecule has 4 amide bonds. The summed E-state index contributed by atoms with van der Waals surface area (Å²) < 4.78 is 0. The molecule has 1 unspecified atom stereocenters. The summed E-state index contributed by atoms with van der Waals surface area (Å²) in [6.45, 7) is 1.21. The molecule has 30 heavy (non-hydrogen) atoms. The molecule has 152 valence electrons. The first kappa shape index (κ1) is 20.2. The van der Waals surface area contributed by atoms with Gasteiger partial charge in [0, 0.05) is 5.69 Å². The molecule has 1 heterocycles. The molecule has 1 fully saturated rings. The van der Waals surface area contributed by atoms with E-state index in [9.17, 15) is 14.4 Å². The summed E-state index contributed by atoms with van der Waals surface area (Å²) in [4.78, 5) is 38.9. The summed E-state index contributed by atoms with van der Waals surface area (Å²) in [6.07, 6.45) is 0. The van der Waals surface area contributed by atoms with E-state index >= 15 is 0 Å². The van der Waals surface area contributed by atoms with E-state index in [1.807, 2.05) is 36.4 Å². The van der Waals surface area contributed by atoms with E-state index in [1.165, 1.54) is 6.07 Å². The van der Waals surface area contributed by atoms with Gasteiger partial charge in [0.15, 0.2) is 0 Å². The van der Waals surface area contributed by atoms with Crippen LogP contribution in [0.3, 0.4) is 0 Å². The maximum atomic E-state index is 13.1. The zero-order chi connectivity index (χ0) is 21.5. The first-order chi connectivity index (χ1) is 14.3. The van der Waals surface area contributed by atoms with Crippen molar-refractivity contribution < 1.29 is 14.4 Å². The van der Waals surface area contributed by atoms with Gasteiger partial charge in [-0.05, 0) is 47.5 Å². The average molecular weight is 442 g/mol. The number of hydrogen-bond donors (Lipinski definition) is 2. The van der Waals surface area contributed by atoms with Crippen molar-refractivity contribution in [3.8, 4) is 0 Å². The minimum atomic E-state index is -1.26. The standard InChI is InChI=1S/C22H17Cl2N3O3/c1-22(15-7-6-13-4-2-3-5-14(13)10-15)20(29)27(21(30)26-22)12-19(28)25-16-8-9-17(23)18(24)11-16/h2-11H,12H2,1H3,(H,25,28)(H,26,30). The summed E-state index contributed by atoms with van der Waals surface area (Å²) in [7, 11) is 0. The van der Waals surface area contributed by atoms with Gasteiger partial charge in [-0.25, -0.2) is 4.79 Å². The number of halogens is 2. The Morgan fingerprint density at radius 2 is 1.73 bits per heavy atom. The minimum absolute atomic E-state index is 0.285. The second-order valence-corrected chi connectivity index (χ2v) is 8.00. The number of fused-ring (bicyclic) bond motifs is 1. The lowest BCUT2D eigenvalue weighted by molar-refractivity contribution is -0.133. The van der Waals surface area contributed by atoms with Crippen molar-refractivity contribution in [3.63, 3.8) is 0 Å². The Hall–Kier alpha value is -3.09. The number of urea groups is 1. The van der Waals surface area contributed by atoms with Crippen LogP contribution in [0.2, 0.25) is 10.0 Å². The van der Waals surface area contributed by atoms with E-state index in [2.05, 4.69) is 10.6 Å². The summed E-state index contributed by atoms with van der Waals surface area (Å²) >= 11 is 11.8. The summed E-state index contributed by atoms with van der Waals surface area (Å²) in [5, 5.41) is 7.95. The molecule has 8 heteroatoms. The van der Waals surface area contributed by atoms with Crippen LogP contribution in [0.5, 0.6) is 0 Å². The molecule has 2 N–H and O–H groups in total. The van der Waals surface area contributed by atoms with Gasteiger partial charge in [0.25, 0.3) is 5.91 Å². The first-order valence-corrected chi connectivity index (χ1v) is 9.92. The number of nitrogens with zero attached hydrogens (tertiary/aromatic N) is 1. The number of hydrogen-bond acceptors (Lipinski definition) is 3. The number of benzene rings is 3. The Morgan fingerprint density at radius 3 is 2.47 bits per heavy atom. The molecule has 1 aliphatic rings. The van der Waals surface area contributed by atoms with Gasteiger partial charge in [0.05, 0.1) is 10.0 Å². The first-order valence-electron chi connectivity index (χ1n) is 9.16. The predicted molar refractivity (Wildman–Crippen MR) is 117 cm³/mol. The van der Waals surface area contributed by atoms with Crippen LogP contribution in [0.15, 0.2) is 60.7 Å². The van der Waals surface area contributed by atoms with Gasteiger partial charge in [-0.15, -0.1) is 0 Å². The van der Waals surface area contributed by atoms with Crippen LogP contribution in [-0.2, 0) is 15.1 Å². The van der Waals surface area contributed by atoms with E-state index in [0.717, 1.165) is 15.7 Å². The molecule has 0 saturated carbocycles. The quantitative estimate of drug-likeness (QED) is 0.582. The third-order valence-corrected chi connectivity index (χ3v) is 5.85. The van der Waals surface area contributed by atoms with Crippen molar-refractivity contribution in [3.05, 3.63) is 76.3 Å². The molecule has 4 rings (SSSR count). The maximum absolute atomic E-state index is 13.1. The SMILES string of the molecule is CC1(c2ccc3ccccc3c2)NC(=O)N(CC(=O)Nc2ccc(Cl)c(Cl)c2)C1=O. The van der Waals surface area contributed by atoms with Crippen LogP contribution in [0, 0.1) is 0 Å². The highest BCUT2D eigenvalue weighted by molar-refractivity contribution is 6.42. The minimum Gasteiger partial charge on any atom is -0.324 e. The van der Waals surface area contributed by atoms with Gasteiger partial charge < -0.3 is 10.6 Å². The van der Waals surface area contributed by atoms with E-state index in [1.54, 1.807) is 25.1 Å². The highest BCUT2D eigenvalue weighted by atomic mass is 35.5. The number of carbonyl (C=O) groups excluding carboxylic acids is 3. The average Bonchev–Trinajstić information content (AvgIpc) is 2.94. The number of nitrogens with one attached hydrogen (secondary N) is 2. The van der Waals surface area contributed by atoms with Gasteiger partial charge >= 0.3 is 6.03 Å². The van der Waals surface area contributed by atoms with Crippen LogP contribution in [0.1, 0.15) is 12.5 Å². The maximum Gasteiger partial charge on any atom is 0.325 e. The number of carbonyl (C=O) groups is 3. The molecular formula is C22H17Cl2N3O3. The van der Waals surface area contributed by atoms with Crippen molar-refractivity contribution in [2.45, 2.75) is 12.5 Å². The van der Waals surface area contributed by atoms with Gasteiger partial charge in [-0.2, -0.15) is 0 Å². The van der Waals surface area contributed by atoms with Crippen LogP contribution >= 0.6 is 23.2 Å². The van der Waals surface area contributed by atoms with Gasteiger partial charge in [-0.3, -0.25) is 14.5 Å². The monoisotopic (exact) mass is 441 g/mol. The largest absolute Gasteiger partial charge is 0.325 e. The molecule has 0 radical (unpaired) electrons. The van der Waals surface area contributed by atoms with Crippen molar-refractivity contribution >= 4 is 57.5 Å². The fraction of sp³-hybridized carbons (Fsp3) is 0.136. The highest BCUT2D eigenvalue weighted by Crippen LogP contribution is 2.31. The third-order valence-electron chi connectivity index (χ3n) is 5.11. The summed E-state index contributed by atoms with van der Waals surface area (Å²) in [5.41, 5.74) is -0.198. The number of anilines is 1. The highest BCUT2D eigenvalue weighted by Gasteiger charge is 2.49. The second kappa shape index (κ2) is 7.63. The summed E-state index contributed by atoms with van der Waals surface area (Å²) in [5.74, 6) is -1.02. The zero-order valence-corrected chi connectivity index (χ0v) is 17.4. The second-order valence-electron chi connectivity index (χ2n) is 7.19.